The van der Waals surface area contributed by atoms with Crippen molar-refractivity contribution in [2.24, 2.45) is 4.99 Å². The highest BCUT2D eigenvalue weighted by molar-refractivity contribution is 5.94. The number of benzene rings is 1. The number of nitrogens with two attached hydrogens (primary N) is 1. The van der Waals surface area contributed by atoms with Crippen LogP contribution in [0.4, 0.5) is 5.69 Å². The van der Waals surface area contributed by atoms with Crippen molar-refractivity contribution in [2.45, 2.75) is 6.92 Å². The van der Waals surface area contributed by atoms with Gasteiger partial charge in [-0.25, -0.2) is 4.79 Å². The van der Waals surface area contributed by atoms with Gasteiger partial charge in [0.05, 0.1) is 5.56 Å². The topological polar surface area (TPSA) is 75.7 Å². The van der Waals surface area contributed by atoms with Gasteiger partial charge < -0.3 is 10.8 Å². The average Bonchev–Trinajstić information content (AvgIpc) is 2.16. The number of carbonyl (C=O) groups is 1. The van der Waals surface area contributed by atoms with Crippen LogP contribution in [0.3, 0.4) is 0 Å². The smallest absolute Gasteiger partial charge is 0.335 e. The Hall–Kier alpha value is -1.84. The summed E-state index contributed by atoms with van der Waals surface area (Å²) < 4.78 is 0. The molecule has 0 amide bonds. The molecule has 0 unspecified atom stereocenters. The van der Waals surface area contributed by atoms with Crippen LogP contribution in [-0.2, 0) is 0 Å². The maximum Gasteiger partial charge on any atom is 0.335 e. The van der Waals surface area contributed by atoms with Gasteiger partial charge in [-0.05, 0) is 25.1 Å². The van der Waals surface area contributed by atoms with Gasteiger partial charge in [-0.2, -0.15) is 0 Å². The second-order valence-electron chi connectivity index (χ2n) is 2.78. The molecule has 0 heterocycles. The minimum Gasteiger partial charge on any atom is -0.478 e. The Bertz CT molecular complexity index is 372. The third kappa shape index (κ3) is 2.32. The summed E-state index contributed by atoms with van der Waals surface area (Å²) in [7, 11) is 0. The first-order valence-corrected chi connectivity index (χ1v) is 4.27. The Morgan fingerprint density at radius 2 is 2.36 bits per heavy atom. The predicted octanol–water partition coefficient (Wildman–Crippen LogP) is 1.41. The first-order valence-electron chi connectivity index (χ1n) is 4.27. The van der Waals surface area contributed by atoms with Crippen LogP contribution in [0.1, 0.15) is 22.8 Å². The summed E-state index contributed by atoms with van der Waals surface area (Å²) in [4.78, 5) is 14.7. The lowest BCUT2D eigenvalue weighted by Gasteiger charge is -2.01. The van der Waals surface area contributed by atoms with Crippen molar-refractivity contribution in [1.29, 1.82) is 0 Å². The second kappa shape index (κ2) is 4.41. The van der Waals surface area contributed by atoms with E-state index in [9.17, 15) is 4.79 Å². The van der Waals surface area contributed by atoms with Gasteiger partial charge >= 0.3 is 5.97 Å². The number of hydrogen-bond acceptors (Lipinski definition) is 3. The number of hydrogen-bond donors (Lipinski definition) is 2. The van der Waals surface area contributed by atoms with Gasteiger partial charge in [0, 0.05) is 24.0 Å². The maximum atomic E-state index is 10.7. The third-order valence-corrected chi connectivity index (χ3v) is 1.75. The predicted molar refractivity (Wildman–Crippen MR) is 55.9 cm³/mol. The number of aromatic carboxylic acids is 1. The van der Waals surface area contributed by atoms with Crippen LogP contribution in [0, 0.1) is 0 Å². The lowest BCUT2D eigenvalue weighted by atomic mass is 10.1. The minimum absolute atomic E-state index is 0.219. The van der Waals surface area contributed by atoms with Crippen LogP contribution >= 0.6 is 0 Å². The zero-order valence-corrected chi connectivity index (χ0v) is 7.90. The Morgan fingerprint density at radius 3 is 2.93 bits per heavy atom. The van der Waals surface area contributed by atoms with Crippen molar-refractivity contribution >= 4 is 17.9 Å². The van der Waals surface area contributed by atoms with E-state index < -0.39 is 5.97 Å². The molecule has 1 aromatic carbocycles. The number of nitrogen functional groups attached to an aromatic ring is 1. The molecule has 0 aliphatic heterocycles. The summed E-state index contributed by atoms with van der Waals surface area (Å²) in [6, 6.07) is 4.55. The molecule has 0 aliphatic rings. The fourth-order valence-corrected chi connectivity index (χ4v) is 1.01. The number of aliphatic imine (C=N–C) groups is 1. The molecular weight excluding hydrogens is 180 g/mol. The Balaban J connectivity index is 3.08. The van der Waals surface area contributed by atoms with Gasteiger partial charge in [0.25, 0.3) is 0 Å². The highest BCUT2D eigenvalue weighted by Gasteiger charge is 2.04. The standard InChI is InChI=1S/C10H12N2O2/c1-2-12-6-8-5-7(10(13)14)3-4-9(8)11/h3-6H,2,11H2,1H3,(H,13,14). The van der Waals surface area contributed by atoms with E-state index in [1.807, 2.05) is 6.92 Å². The summed E-state index contributed by atoms with van der Waals surface area (Å²) in [5.74, 6) is -0.962. The molecule has 1 rings (SSSR count). The van der Waals surface area contributed by atoms with E-state index in [1.54, 1.807) is 12.3 Å². The Kier molecular flexibility index (Phi) is 3.23. The van der Waals surface area contributed by atoms with Crippen LogP contribution in [0.25, 0.3) is 0 Å². The Morgan fingerprint density at radius 1 is 1.64 bits per heavy atom. The summed E-state index contributed by atoms with van der Waals surface area (Å²) in [5, 5.41) is 8.74. The number of anilines is 1. The quantitative estimate of drug-likeness (QED) is 0.561. The van der Waals surface area contributed by atoms with Crippen molar-refractivity contribution in [3.63, 3.8) is 0 Å². The second-order valence-corrected chi connectivity index (χ2v) is 2.78. The van der Waals surface area contributed by atoms with E-state index in [0.29, 0.717) is 17.8 Å². The monoisotopic (exact) mass is 192 g/mol. The third-order valence-electron chi connectivity index (χ3n) is 1.75. The average molecular weight is 192 g/mol. The number of rotatable bonds is 3. The van der Waals surface area contributed by atoms with Crippen molar-refractivity contribution in [3.8, 4) is 0 Å². The molecule has 0 atom stereocenters. The van der Waals surface area contributed by atoms with Gasteiger partial charge in [-0.15, -0.1) is 0 Å². The Labute approximate surface area is 82.1 Å². The molecule has 0 aliphatic carbocycles. The molecular formula is C10H12N2O2. The molecule has 74 valence electrons. The highest BCUT2D eigenvalue weighted by atomic mass is 16.4. The minimum atomic E-state index is -0.962. The van der Waals surface area contributed by atoms with Crippen molar-refractivity contribution in [1.82, 2.24) is 0 Å². The van der Waals surface area contributed by atoms with E-state index >= 15 is 0 Å². The molecule has 0 spiro atoms. The molecule has 0 saturated heterocycles. The van der Waals surface area contributed by atoms with E-state index in [2.05, 4.69) is 4.99 Å². The molecule has 4 heteroatoms. The normalized spacial score (nSPS) is 10.6. The number of carboxylic acid groups (broad SMARTS) is 1. The molecule has 0 fully saturated rings. The number of nitrogens with zero attached hydrogens (tertiary/aromatic N) is 1. The molecule has 0 saturated carbocycles. The van der Waals surface area contributed by atoms with E-state index in [0.717, 1.165) is 0 Å². The first kappa shape index (κ1) is 10.2. The lowest BCUT2D eigenvalue weighted by molar-refractivity contribution is 0.0697. The summed E-state index contributed by atoms with van der Waals surface area (Å²) in [6.07, 6.45) is 1.59. The van der Waals surface area contributed by atoms with Crippen LogP contribution in [0.5, 0.6) is 0 Å². The first-order chi connectivity index (χ1) is 6.65. The summed E-state index contributed by atoms with van der Waals surface area (Å²) in [5.41, 5.74) is 7.04. The van der Waals surface area contributed by atoms with E-state index in [4.69, 9.17) is 10.8 Å². The van der Waals surface area contributed by atoms with Crippen molar-refractivity contribution < 1.29 is 9.90 Å². The van der Waals surface area contributed by atoms with Gasteiger partial charge in [0.2, 0.25) is 0 Å². The maximum absolute atomic E-state index is 10.7. The zero-order valence-electron chi connectivity index (χ0n) is 7.90. The SMILES string of the molecule is CCN=Cc1cc(C(=O)O)ccc1N. The van der Waals surface area contributed by atoms with Crippen molar-refractivity contribution in [2.75, 3.05) is 12.3 Å². The zero-order chi connectivity index (χ0) is 10.6. The van der Waals surface area contributed by atoms with Crippen LogP contribution in [0.15, 0.2) is 23.2 Å². The molecule has 0 radical (unpaired) electrons. The van der Waals surface area contributed by atoms with E-state index in [-0.39, 0.29) is 5.56 Å². The largest absolute Gasteiger partial charge is 0.478 e. The molecule has 0 bridgehead atoms. The molecule has 0 aromatic heterocycles. The van der Waals surface area contributed by atoms with Crippen LogP contribution in [0.2, 0.25) is 0 Å². The van der Waals surface area contributed by atoms with E-state index in [1.165, 1.54) is 12.1 Å². The molecule has 3 N–H and O–H groups in total. The van der Waals surface area contributed by atoms with Crippen molar-refractivity contribution in [3.05, 3.63) is 29.3 Å². The fourth-order valence-electron chi connectivity index (χ4n) is 1.01. The fraction of sp³-hybridized carbons (Fsp3) is 0.200. The molecule has 4 nitrogen and oxygen atoms in total. The van der Waals surface area contributed by atoms with Gasteiger partial charge in [0.15, 0.2) is 0 Å². The van der Waals surface area contributed by atoms with Gasteiger partial charge in [0.1, 0.15) is 0 Å². The number of carboxylic acids is 1. The van der Waals surface area contributed by atoms with Crippen LogP contribution in [-0.4, -0.2) is 23.8 Å². The van der Waals surface area contributed by atoms with Gasteiger partial charge in [-0.3, -0.25) is 4.99 Å². The van der Waals surface area contributed by atoms with Crippen LogP contribution < -0.4 is 5.73 Å². The lowest BCUT2D eigenvalue weighted by Crippen LogP contribution is -2.00. The van der Waals surface area contributed by atoms with Gasteiger partial charge in [-0.1, -0.05) is 0 Å². The summed E-state index contributed by atoms with van der Waals surface area (Å²) >= 11 is 0. The highest BCUT2D eigenvalue weighted by Crippen LogP contribution is 2.12. The molecule has 14 heavy (non-hydrogen) atoms. The summed E-state index contributed by atoms with van der Waals surface area (Å²) in [6.45, 7) is 2.55. The molecule has 1 aromatic rings.